The van der Waals surface area contributed by atoms with Gasteiger partial charge in [-0.2, -0.15) is 0 Å². The van der Waals surface area contributed by atoms with Crippen molar-refractivity contribution >= 4 is 28.3 Å². The van der Waals surface area contributed by atoms with E-state index in [-0.39, 0.29) is 5.91 Å². The molecule has 4 rings (SSSR count). The van der Waals surface area contributed by atoms with Gasteiger partial charge in [0.1, 0.15) is 0 Å². The highest BCUT2D eigenvalue weighted by molar-refractivity contribution is 6.31. The van der Waals surface area contributed by atoms with Gasteiger partial charge in [0.25, 0.3) is 5.91 Å². The fourth-order valence-corrected chi connectivity index (χ4v) is 3.98. The molecule has 0 unspecified atom stereocenters. The predicted octanol–water partition coefficient (Wildman–Crippen LogP) is 6.40. The van der Waals surface area contributed by atoms with E-state index in [4.69, 9.17) is 11.6 Å². The maximum Gasteiger partial charge on any atom is 0.254 e. The third kappa shape index (κ3) is 4.42. The van der Waals surface area contributed by atoms with Crippen molar-refractivity contribution < 1.29 is 4.79 Å². The molecule has 0 aliphatic heterocycles. The van der Waals surface area contributed by atoms with E-state index in [1.54, 1.807) is 0 Å². The summed E-state index contributed by atoms with van der Waals surface area (Å²) in [5, 5.41) is 2.99. The number of carbonyl (C=O) groups is 1. The van der Waals surface area contributed by atoms with Crippen molar-refractivity contribution in [2.75, 3.05) is 6.54 Å². The lowest BCUT2D eigenvalue weighted by Gasteiger charge is -2.23. The molecule has 0 radical (unpaired) electrons. The zero-order valence-corrected chi connectivity index (χ0v) is 17.8. The summed E-state index contributed by atoms with van der Waals surface area (Å²) >= 11 is 6.35. The average molecular weight is 417 g/mol. The summed E-state index contributed by atoms with van der Waals surface area (Å²) in [6.45, 7) is 4.06. The van der Waals surface area contributed by atoms with E-state index >= 15 is 0 Å². The van der Waals surface area contributed by atoms with Crippen LogP contribution in [0.4, 0.5) is 0 Å². The van der Waals surface area contributed by atoms with Crippen LogP contribution in [0, 0.1) is 0 Å². The first-order valence-electron chi connectivity index (χ1n) is 10.3. The lowest BCUT2D eigenvalue weighted by molar-refractivity contribution is 0.0740. The van der Waals surface area contributed by atoms with Crippen LogP contribution in [0.5, 0.6) is 0 Å². The Kier molecular flexibility index (Phi) is 6.20. The molecular formula is C26H25ClN2O. The number of nitrogens with zero attached hydrogens (tertiary/aromatic N) is 2. The van der Waals surface area contributed by atoms with Crippen molar-refractivity contribution in [1.29, 1.82) is 0 Å². The van der Waals surface area contributed by atoms with Gasteiger partial charge in [0, 0.05) is 35.6 Å². The number of amides is 1. The van der Waals surface area contributed by atoms with Crippen LogP contribution in [-0.2, 0) is 13.1 Å². The van der Waals surface area contributed by atoms with E-state index in [9.17, 15) is 4.79 Å². The standard InChI is InChI=1S/C26H25ClN2O/c1-2-15-29(26(30)22-14-13-20-8-3-4-9-21(20)17-22)19-24-11-7-16-28(24)18-23-10-5-6-12-25(23)27/h3-14,16-17H,2,15,18-19H2,1H3. The van der Waals surface area contributed by atoms with Gasteiger partial charge in [-0.05, 0) is 53.1 Å². The van der Waals surface area contributed by atoms with Gasteiger partial charge in [-0.25, -0.2) is 0 Å². The van der Waals surface area contributed by atoms with Crippen LogP contribution in [-0.4, -0.2) is 21.9 Å². The maximum absolute atomic E-state index is 13.3. The van der Waals surface area contributed by atoms with E-state index < -0.39 is 0 Å². The van der Waals surface area contributed by atoms with Gasteiger partial charge in [0.15, 0.2) is 0 Å². The summed E-state index contributed by atoms with van der Waals surface area (Å²) in [7, 11) is 0. The molecule has 0 aliphatic rings. The Morgan fingerprint density at radius 2 is 1.70 bits per heavy atom. The fourth-order valence-electron chi connectivity index (χ4n) is 3.78. The molecule has 0 N–H and O–H groups in total. The van der Waals surface area contributed by atoms with Crippen molar-refractivity contribution in [3.8, 4) is 0 Å². The Balaban J connectivity index is 1.57. The molecule has 0 fully saturated rings. The highest BCUT2D eigenvalue weighted by Crippen LogP contribution is 2.20. The molecule has 152 valence electrons. The number of hydrogen-bond acceptors (Lipinski definition) is 1. The van der Waals surface area contributed by atoms with Crippen LogP contribution in [0.1, 0.15) is 35.0 Å². The van der Waals surface area contributed by atoms with E-state index in [0.717, 1.165) is 39.0 Å². The van der Waals surface area contributed by atoms with E-state index in [0.29, 0.717) is 19.6 Å². The monoisotopic (exact) mass is 416 g/mol. The lowest BCUT2D eigenvalue weighted by atomic mass is 10.1. The molecule has 1 aromatic heterocycles. The van der Waals surface area contributed by atoms with Gasteiger partial charge in [-0.3, -0.25) is 4.79 Å². The van der Waals surface area contributed by atoms with Gasteiger partial charge in [-0.15, -0.1) is 0 Å². The second-order valence-electron chi connectivity index (χ2n) is 7.51. The molecule has 4 aromatic rings. The topological polar surface area (TPSA) is 25.2 Å². The van der Waals surface area contributed by atoms with Gasteiger partial charge < -0.3 is 9.47 Å². The summed E-state index contributed by atoms with van der Waals surface area (Å²) in [6.07, 6.45) is 2.95. The zero-order chi connectivity index (χ0) is 20.9. The third-order valence-electron chi connectivity index (χ3n) is 5.35. The van der Waals surface area contributed by atoms with Crippen LogP contribution in [0.2, 0.25) is 5.02 Å². The second-order valence-corrected chi connectivity index (χ2v) is 7.91. The average Bonchev–Trinajstić information content (AvgIpc) is 3.21. The molecule has 1 heterocycles. The Morgan fingerprint density at radius 3 is 2.50 bits per heavy atom. The molecule has 0 saturated carbocycles. The van der Waals surface area contributed by atoms with E-state index in [2.05, 4.69) is 23.6 Å². The molecule has 4 heteroatoms. The van der Waals surface area contributed by atoms with Crippen LogP contribution in [0.3, 0.4) is 0 Å². The van der Waals surface area contributed by atoms with Crippen LogP contribution < -0.4 is 0 Å². The Bertz CT molecular complexity index is 1160. The van der Waals surface area contributed by atoms with Crippen molar-refractivity contribution in [2.24, 2.45) is 0 Å². The van der Waals surface area contributed by atoms with Crippen molar-refractivity contribution in [3.05, 3.63) is 107 Å². The third-order valence-corrected chi connectivity index (χ3v) is 5.72. The minimum absolute atomic E-state index is 0.0631. The van der Waals surface area contributed by atoms with E-state index in [1.807, 2.05) is 77.8 Å². The number of carbonyl (C=O) groups excluding carboxylic acids is 1. The molecule has 0 aliphatic carbocycles. The highest BCUT2D eigenvalue weighted by Gasteiger charge is 2.17. The van der Waals surface area contributed by atoms with Crippen molar-refractivity contribution in [3.63, 3.8) is 0 Å². The summed E-state index contributed by atoms with van der Waals surface area (Å²) < 4.78 is 2.16. The summed E-state index contributed by atoms with van der Waals surface area (Å²) in [5.74, 6) is 0.0631. The number of fused-ring (bicyclic) bond motifs is 1. The number of hydrogen-bond donors (Lipinski definition) is 0. The molecule has 3 aromatic carbocycles. The summed E-state index contributed by atoms with van der Waals surface area (Å²) in [5.41, 5.74) is 2.89. The van der Waals surface area contributed by atoms with Gasteiger partial charge >= 0.3 is 0 Å². The minimum atomic E-state index is 0.0631. The number of rotatable bonds is 7. The molecule has 0 spiro atoms. The van der Waals surface area contributed by atoms with Gasteiger partial charge in [-0.1, -0.05) is 67.1 Å². The van der Waals surface area contributed by atoms with Crippen LogP contribution in [0.25, 0.3) is 10.8 Å². The molecule has 3 nitrogen and oxygen atoms in total. The quantitative estimate of drug-likeness (QED) is 0.342. The zero-order valence-electron chi connectivity index (χ0n) is 17.1. The number of halogens is 1. The van der Waals surface area contributed by atoms with Gasteiger partial charge in [0.05, 0.1) is 6.54 Å². The summed E-state index contributed by atoms with van der Waals surface area (Å²) in [6, 6.07) is 26.0. The number of aromatic nitrogens is 1. The lowest BCUT2D eigenvalue weighted by Crippen LogP contribution is -2.32. The molecule has 0 atom stereocenters. The molecular weight excluding hydrogens is 392 g/mol. The molecule has 0 bridgehead atoms. The molecule has 1 amide bonds. The predicted molar refractivity (Wildman–Crippen MR) is 124 cm³/mol. The van der Waals surface area contributed by atoms with Crippen LogP contribution >= 0.6 is 11.6 Å². The van der Waals surface area contributed by atoms with Gasteiger partial charge in [0.2, 0.25) is 0 Å². The first kappa shape index (κ1) is 20.2. The van der Waals surface area contributed by atoms with Crippen molar-refractivity contribution in [1.82, 2.24) is 9.47 Å². The van der Waals surface area contributed by atoms with Crippen LogP contribution in [0.15, 0.2) is 85.1 Å². The Labute approximate surface area is 182 Å². The summed E-state index contributed by atoms with van der Waals surface area (Å²) in [4.78, 5) is 15.3. The largest absolute Gasteiger partial charge is 0.345 e. The SMILES string of the molecule is CCCN(Cc1cccn1Cc1ccccc1Cl)C(=O)c1ccc2ccccc2c1. The second kappa shape index (κ2) is 9.19. The smallest absolute Gasteiger partial charge is 0.254 e. The maximum atomic E-state index is 13.3. The number of benzene rings is 3. The molecule has 30 heavy (non-hydrogen) atoms. The highest BCUT2D eigenvalue weighted by atomic mass is 35.5. The first-order valence-corrected chi connectivity index (χ1v) is 10.7. The fraction of sp³-hybridized carbons (Fsp3) is 0.192. The molecule has 0 saturated heterocycles. The normalized spacial score (nSPS) is 11.0. The Hall–Kier alpha value is -3.04. The van der Waals surface area contributed by atoms with E-state index in [1.165, 1.54) is 0 Å². The minimum Gasteiger partial charge on any atom is -0.345 e. The first-order chi connectivity index (χ1) is 14.7. The Morgan fingerprint density at radius 1 is 0.933 bits per heavy atom. The van der Waals surface area contributed by atoms with Crippen molar-refractivity contribution in [2.45, 2.75) is 26.4 Å².